The van der Waals surface area contributed by atoms with Gasteiger partial charge in [0, 0.05) is 5.56 Å². The smallest absolute Gasteiger partial charge is 0.263 e. The highest BCUT2D eigenvalue weighted by atomic mass is 79.9. The fourth-order valence-electron chi connectivity index (χ4n) is 1.20. The highest BCUT2D eigenvalue weighted by Gasteiger charge is 2.23. The van der Waals surface area contributed by atoms with Crippen molar-refractivity contribution in [1.29, 1.82) is 0 Å². The lowest BCUT2D eigenvalue weighted by molar-refractivity contribution is -0.118. The maximum atomic E-state index is 13.3. The molecule has 0 aromatic carbocycles. The van der Waals surface area contributed by atoms with Crippen LogP contribution in [0.2, 0.25) is 0 Å². The summed E-state index contributed by atoms with van der Waals surface area (Å²) in [6, 6.07) is 0. The van der Waals surface area contributed by atoms with E-state index in [1.165, 1.54) is 0 Å². The zero-order valence-corrected chi connectivity index (χ0v) is 8.81. The molecule has 0 saturated carbocycles. The van der Waals surface area contributed by atoms with E-state index in [9.17, 15) is 9.18 Å². The number of nitrogens with one attached hydrogen (secondary N) is 1. The first kappa shape index (κ1) is 9.39. The first-order chi connectivity index (χ1) is 6.59. The Balaban J connectivity index is 2.59. The number of ether oxygens (including phenoxy) is 1. The topological polar surface area (TPSA) is 51.2 Å². The van der Waals surface area contributed by atoms with Gasteiger partial charge in [-0.05, 0) is 22.9 Å². The van der Waals surface area contributed by atoms with Crippen LogP contribution >= 0.6 is 15.9 Å². The summed E-state index contributed by atoms with van der Waals surface area (Å²) in [6.07, 6.45) is 0. The number of aromatic nitrogens is 1. The second-order valence-corrected chi connectivity index (χ2v) is 3.61. The minimum absolute atomic E-state index is 0.0690. The Hall–Kier alpha value is -1.17. The number of hydrogen-bond donors (Lipinski definition) is 1. The molecule has 0 atom stereocenters. The molecule has 1 N–H and O–H groups in total. The van der Waals surface area contributed by atoms with Crippen molar-refractivity contribution in [2.45, 2.75) is 6.92 Å². The van der Waals surface area contributed by atoms with Crippen molar-refractivity contribution in [2.24, 2.45) is 0 Å². The molecule has 0 saturated heterocycles. The number of fused-ring (bicyclic) bond motifs is 1. The van der Waals surface area contributed by atoms with Gasteiger partial charge in [-0.3, -0.25) is 4.79 Å². The highest BCUT2D eigenvalue weighted by molar-refractivity contribution is 9.10. The number of hydrogen-bond acceptors (Lipinski definition) is 3. The van der Waals surface area contributed by atoms with Crippen LogP contribution in [0.4, 0.5) is 10.2 Å². The molecule has 0 bridgehead atoms. The van der Waals surface area contributed by atoms with Crippen molar-refractivity contribution in [3.8, 4) is 5.75 Å². The fourth-order valence-corrected chi connectivity index (χ4v) is 1.67. The Bertz CT molecular complexity index is 422. The summed E-state index contributed by atoms with van der Waals surface area (Å²) in [6.45, 7) is 1.47. The van der Waals surface area contributed by atoms with Crippen LogP contribution < -0.4 is 10.1 Å². The zero-order valence-electron chi connectivity index (χ0n) is 7.23. The van der Waals surface area contributed by atoms with Crippen molar-refractivity contribution < 1.29 is 13.9 Å². The van der Waals surface area contributed by atoms with E-state index in [1.54, 1.807) is 6.92 Å². The minimum atomic E-state index is -0.472. The Labute approximate surface area is 87.6 Å². The molecule has 1 aromatic heterocycles. The minimum Gasteiger partial charge on any atom is -0.479 e. The van der Waals surface area contributed by atoms with Crippen molar-refractivity contribution >= 4 is 27.7 Å². The van der Waals surface area contributed by atoms with Gasteiger partial charge in [0.2, 0.25) is 0 Å². The second-order valence-electron chi connectivity index (χ2n) is 2.86. The number of carbonyl (C=O) groups is 1. The molecule has 6 heteroatoms. The van der Waals surface area contributed by atoms with Crippen molar-refractivity contribution in [3.05, 3.63) is 16.0 Å². The summed E-state index contributed by atoms with van der Waals surface area (Å²) < 4.78 is 18.4. The highest BCUT2D eigenvalue weighted by Crippen LogP contribution is 2.33. The van der Waals surface area contributed by atoms with E-state index in [4.69, 9.17) is 4.74 Å². The van der Waals surface area contributed by atoms with E-state index in [1.807, 2.05) is 0 Å². The summed E-state index contributed by atoms with van der Waals surface area (Å²) in [5.41, 5.74) is 0.335. The van der Waals surface area contributed by atoms with Crippen LogP contribution in [-0.2, 0) is 4.79 Å². The first-order valence-corrected chi connectivity index (χ1v) is 4.67. The van der Waals surface area contributed by atoms with Crippen molar-refractivity contribution in [2.75, 3.05) is 11.9 Å². The number of carbonyl (C=O) groups excluding carboxylic acids is 1. The van der Waals surface area contributed by atoms with Crippen LogP contribution in [0.15, 0.2) is 4.60 Å². The Morgan fingerprint density at radius 2 is 2.36 bits per heavy atom. The fraction of sp³-hybridized carbons (Fsp3) is 0.250. The predicted octanol–water partition coefficient (Wildman–Crippen LogP) is 1.62. The summed E-state index contributed by atoms with van der Waals surface area (Å²) in [5.74, 6) is -0.208. The van der Waals surface area contributed by atoms with E-state index in [0.717, 1.165) is 0 Å². The van der Waals surface area contributed by atoms with Gasteiger partial charge in [0.15, 0.2) is 24.0 Å². The Kier molecular flexibility index (Phi) is 2.14. The summed E-state index contributed by atoms with van der Waals surface area (Å²) >= 11 is 2.95. The predicted molar refractivity (Wildman–Crippen MR) is 50.8 cm³/mol. The molecule has 0 radical (unpaired) electrons. The van der Waals surface area contributed by atoms with Gasteiger partial charge in [-0.2, -0.15) is 0 Å². The molecule has 4 nitrogen and oxygen atoms in total. The molecule has 0 unspecified atom stereocenters. The van der Waals surface area contributed by atoms with Gasteiger partial charge in [0.25, 0.3) is 5.91 Å². The molecule has 0 spiro atoms. The molecule has 14 heavy (non-hydrogen) atoms. The Morgan fingerprint density at radius 1 is 1.64 bits per heavy atom. The van der Waals surface area contributed by atoms with Crippen LogP contribution in [0.5, 0.6) is 5.75 Å². The normalized spacial score (nSPS) is 14.4. The lowest BCUT2D eigenvalue weighted by Gasteiger charge is -2.19. The van der Waals surface area contributed by atoms with Gasteiger partial charge in [0.1, 0.15) is 4.60 Å². The maximum Gasteiger partial charge on any atom is 0.263 e. The molecular weight excluding hydrogens is 255 g/mol. The van der Waals surface area contributed by atoms with Gasteiger partial charge in [-0.25, -0.2) is 9.37 Å². The van der Waals surface area contributed by atoms with Gasteiger partial charge < -0.3 is 10.1 Å². The van der Waals surface area contributed by atoms with Crippen LogP contribution in [0.25, 0.3) is 0 Å². The van der Waals surface area contributed by atoms with Gasteiger partial charge in [-0.15, -0.1) is 0 Å². The monoisotopic (exact) mass is 260 g/mol. The third-order valence-corrected chi connectivity index (χ3v) is 2.41. The maximum absolute atomic E-state index is 13.3. The summed E-state index contributed by atoms with van der Waals surface area (Å²) in [5, 5.41) is 2.50. The second kappa shape index (κ2) is 3.20. The van der Waals surface area contributed by atoms with Crippen LogP contribution in [-0.4, -0.2) is 17.5 Å². The summed E-state index contributed by atoms with van der Waals surface area (Å²) in [7, 11) is 0. The van der Waals surface area contributed by atoms with E-state index in [2.05, 4.69) is 26.2 Å². The number of rotatable bonds is 0. The third kappa shape index (κ3) is 1.35. The molecular formula is C8H6BrFN2O2. The zero-order chi connectivity index (χ0) is 10.3. The Morgan fingerprint density at radius 3 is 3.07 bits per heavy atom. The molecule has 0 fully saturated rings. The third-order valence-electron chi connectivity index (χ3n) is 1.88. The quantitative estimate of drug-likeness (QED) is 0.722. The number of anilines is 1. The van der Waals surface area contributed by atoms with Gasteiger partial charge in [-0.1, -0.05) is 0 Å². The van der Waals surface area contributed by atoms with E-state index >= 15 is 0 Å². The van der Waals surface area contributed by atoms with Gasteiger partial charge in [0.05, 0.1) is 0 Å². The standard InChI is InChI=1S/C8H6BrFN2O2/c1-3-5(10)7(9)12-8-6(3)14-2-4(13)11-8/h2H2,1H3,(H,11,12,13). The molecule has 1 aromatic rings. The number of amides is 1. The molecule has 2 rings (SSSR count). The van der Waals surface area contributed by atoms with E-state index in [0.29, 0.717) is 11.3 Å². The molecule has 1 aliphatic rings. The average Bonchev–Trinajstić information content (AvgIpc) is 2.14. The van der Waals surface area contributed by atoms with Crippen LogP contribution in [0, 0.1) is 12.7 Å². The van der Waals surface area contributed by atoms with Crippen molar-refractivity contribution in [1.82, 2.24) is 4.98 Å². The van der Waals surface area contributed by atoms with Crippen LogP contribution in [0.3, 0.4) is 0 Å². The molecule has 1 amide bonds. The molecule has 74 valence electrons. The van der Waals surface area contributed by atoms with E-state index in [-0.39, 0.29) is 22.9 Å². The average molecular weight is 261 g/mol. The summed E-state index contributed by atoms with van der Waals surface area (Å²) in [4.78, 5) is 14.8. The van der Waals surface area contributed by atoms with Gasteiger partial charge >= 0.3 is 0 Å². The van der Waals surface area contributed by atoms with Crippen molar-refractivity contribution in [3.63, 3.8) is 0 Å². The van der Waals surface area contributed by atoms with Crippen LogP contribution in [0.1, 0.15) is 5.56 Å². The molecule has 1 aliphatic heterocycles. The number of pyridine rings is 1. The largest absolute Gasteiger partial charge is 0.479 e. The molecule has 0 aliphatic carbocycles. The lowest BCUT2D eigenvalue weighted by Crippen LogP contribution is -2.27. The number of halogens is 2. The number of nitrogens with zero attached hydrogens (tertiary/aromatic N) is 1. The molecule has 2 heterocycles. The lowest BCUT2D eigenvalue weighted by atomic mass is 10.2. The SMILES string of the molecule is Cc1c(F)c(Br)nc2c1OCC(=O)N2. The first-order valence-electron chi connectivity index (χ1n) is 3.88. The van der Waals surface area contributed by atoms with E-state index < -0.39 is 5.82 Å².